The summed E-state index contributed by atoms with van der Waals surface area (Å²) in [6.07, 6.45) is 1.81. The summed E-state index contributed by atoms with van der Waals surface area (Å²) in [5, 5.41) is 2.08. The summed E-state index contributed by atoms with van der Waals surface area (Å²) in [6.45, 7) is 0. The molecule has 6 aromatic rings. The fourth-order valence-corrected chi connectivity index (χ4v) is 4.00. The number of hydrogen-bond donors (Lipinski definition) is 0. The van der Waals surface area contributed by atoms with Crippen molar-refractivity contribution in [3.05, 3.63) is 91.1 Å². The van der Waals surface area contributed by atoms with Crippen LogP contribution in [-0.4, -0.2) is 14.4 Å². The third-order valence-electron chi connectivity index (χ3n) is 5.13. The molecule has 3 nitrogen and oxygen atoms in total. The predicted molar refractivity (Wildman–Crippen MR) is 110 cm³/mol. The van der Waals surface area contributed by atoms with Gasteiger partial charge in [0.15, 0.2) is 0 Å². The van der Waals surface area contributed by atoms with E-state index < -0.39 is 0 Å². The molecule has 6 rings (SSSR count). The summed E-state index contributed by atoms with van der Waals surface area (Å²) >= 11 is 0. The molecule has 0 aliphatic heterocycles. The quantitative estimate of drug-likeness (QED) is 0.201. The van der Waals surface area contributed by atoms with Crippen LogP contribution in [0, 0.1) is 6.07 Å². The molecule has 0 saturated carbocycles. The summed E-state index contributed by atoms with van der Waals surface area (Å²) in [5.41, 5.74) is 7.38. The van der Waals surface area contributed by atoms with Crippen molar-refractivity contribution in [2.24, 2.45) is 0 Å². The molecule has 3 aromatic heterocycles. The van der Waals surface area contributed by atoms with Gasteiger partial charge in [0.2, 0.25) is 0 Å². The van der Waals surface area contributed by atoms with Gasteiger partial charge in [-0.15, -0.1) is 12.1 Å². The van der Waals surface area contributed by atoms with E-state index in [4.69, 9.17) is 9.97 Å². The maximum atomic E-state index is 4.89. The van der Waals surface area contributed by atoms with Crippen LogP contribution in [0.3, 0.4) is 0 Å². The molecule has 135 valence electrons. The maximum absolute atomic E-state index is 4.89. The van der Waals surface area contributed by atoms with Crippen molar-refractivity contribution in [2.75, 3.05) is 0 Å². The molecule has 0 N–H and O–H groups in total. The molecule has 3 heterocycles. The molecule has 4 heteroatoms. The van der Waals surface area contributed by atoms with Crippen LogP contribution in [0.15, 0.2) is 85.1 Å². The van der Waals surface area contributed by atoms with Gasteiger partial charge in [0.25, 0.3) is 0 Å². The van der Waals surface area contributed by atoms with Gasteiger partial charge in [0.1, 0.15) is 0 Å². The van der Waals surface area contributed by atoms with Crippen LogP contribution in [0.1, 0.15) is 0 Å². The van der Waals surface area contributed by atoms with Gasteiger partial charge in [0, 0.05) is 25.6 Å². The van der Waals surface area contributed by atoms with E-state index in [0.29, 0.717) is 0 Å². The Hall–Kier alpha value is -3.07. The average molecular weight is 537 g/mol. The molecule has 1 radical (unpaired) electrons. The number of benzene rings is 3. The topological polar surface area (TPSA) is 30.2 Å². The standard InChI is InChI=1S/C24H14N3.Ir/c1-2-8-16(9-3-1)17-10-6-14-21-22(17)23-18(11-7-15-25-23)24-26-19-12-4-5-13-20(19)27(21)24;/h1-10,12-15H;/q-1;. The molecule has 3 aromatic carbocycles. The first-order chi connectivity index (χ1) is 13.4. The minimum absolute atomic E-state index is 0. The van der Waals surface area contributed by atoms with Gasteiger partial charge in [-0.2, -0.15) is 0 Å². The van der Waals surface area contributed by atoms with Crippen LogP contribution >= 0.6 is 0 Å². The zero-order chi connectivity index (χ0) is 17.8. The summed E-state index contributed by atoms with van der Waals surface area (Å²) in [7, 11) is 0. The van der Waals surface area contributed by atoms with Gasteiger partial charge in [-0.25, -0.2) is 0 Å². The Bertz CT molecular complexity index is 1470. The number of para-hydroxylation sites is 2. The number of rotatable bonds is 1. The van der Waals surface area contributed by atoms with Crippen molar-refractivity contribution < 1.29 is 20.1 Å². The molecule has 0 aliphatic rings. The van der Waals surface area contributed by atoms with Gasteiger partial charge in [-0.1, -0.05) is 66.2 Å². The van der Waals surface area contributed by atoms with E-state index in [1.54, 1.807) is 0 Å². The fourth-order valence-electron chi connectivity index (χ4n) is 4.00. The minimum atomic E-state index is 0. The molecule has 0 aliphatic carbocycles. The molecule has 0 saturated heterocycles. The Labute approximate surface area is 175 Å². The largest absolute Gasteiger partial charge is 0.351 e. The van der Waals surface area contributed by atoms with E-state index in [9.17, 15) is 0 Å². The SMILES string of the molecule is [Ir].[c-]1ccnc2c1c1nc3ccccc3n1c1cccc(-c3ccccc3)c21. The molecule has 0 atom stereocenters. The van der Waals surface area contributed by atoms with E-state index in [1.807, 2.05) is 24.4 Å². The van der Waals surface area contributed by atoms with Crippen LogP contribution in [0.4, 0.5) is 0 Å². The van der Waals surface area contributed by atoms with Crippen molar-refractivity contribution >= 4 is 38.5 Å². The third-order valence-corrected chi connectivity index (χ3v) is 5.13. The average Bonchev–Trinajstić information content (AvgIpc) is 3.14. The van der Waals surface area contributed by atoms with E-state index in [0.717, 1.165) is 38.5 Å². The Balaban J connectivity index is 0.00000171. The second kappa shape index (κ2) is 6.52. The Kier molecular flexibility index (Phi) is 3.97. The number of pyridine rings is 2. The number of fused-ring (bicyclic) bond motifs is 8. The molecule has 0 unspecified atom stereocenters. The van der Waals surface area contributed by atoms with Gasteiger partial charge in [-0.3, -0.25) is 4.98 Å². The van der Waals surface area contributed by atoms with Crippen molar-refractivity contribution in [1.82, 2.24) is 14.4 Å². The van der Waals surface area contributed by atoms with Crippen molar-refractivity contribution in [3.63, 3.8) is 0 Å². The van der Waals surface area contributed by atoms with Gasteiger partial charge >= 0.3 is 0 Å². The number of nitrogens with zero attached hydrogens (tertiary/aromatic N) is 3. The summed E-state index contributed by atoms with van der Waals surface area (Å²) in [6, 6.07) is 30.4. The first-order valence-electron chi connectivity index (χ1n) is 8.95. The van der Waals surface area contributed by atoms with Gasteiger partial charge in [-0.05, 0) is 40.2 Å². The molecular weight excluding hydrogens is 523 g/mol. The monoisotopic (exact) mass is 537 g/mol. The minimum Gasteiger partial charge on any atom is -0.351 e. The molecule has 0 bridgehead atoms. The number of aromatic nitrogens is 3. The van der Waals surface area contributed by atoms with Crippen LogP contribution < -0.4 is 0 Å². The van der Waals surface area contributed by atoms with Crippen LogP contribution in [0.2, 0.25) is 0 Å². The van der Waals surface area contributed by atoms with Crippen LogP contribution in [0.25, 0.3) is 49.6 Å². The van der Waals surface area contributed by atoms with Crippen molar-refractivity contribution in [2.45, 2.75) is 0 Å². The van der Waals surface area contributed by atoms with E-state index in [2.05, 4.69) is 71.1 Å². The molecule has 0 amide bonds. The van der Waals surface area contributed by atoms with E-state index >= 15 is 0 Å². The summed E-state index contributed by atoms with van der Waals surface area (Å²) in [5.74, 6) is 0. The Morgan fingerprint density at radius 2 is 1.57 bits per heavy atom. The second-order valence-corrected chi connectivity index (χ2v) is 6.64. The number of hydrogen-bond acceptors (Lipinski definition) is 2. The van der Waals surface area contributed by atoms with E-state index in [-0.39, 0.29) is 20.1 Å². The Morgan fingerprint density at radius 3 is 2.46 bits per heavy atom. The van der Waals surface area contributed by atoms with Gasteiger partial charge in [0.05, 0.1) is 16.7 Å². The zero-order valence-electron chi connectivity index (χ0n) is 14.8. The van der Waals surface area contributed by atoms with Gasteiger partial charge < -0.3 is 9.38 Å². The maximum Gasteiger partial charge on any atom is 0.0774 e. The van der Waals surface area contributed by atoms with Crippen LogP contribution in [0.5, 0.6) is 0 Å². The normalized spacial score (nSPS) is 11.3. The van der Waals surface area contributed by atoms with Crippen LogP contribution in [-0.2, 0) is 20.1 Å². The summed E-state index contributed by atoms with van der Waals surface area (Å²) in [4.78, 5) is 9.62. The molecule has 0 fully saturated rings. The molecule has 28 heavy (non-hydrogen) atoms. The first kappa shape index (κ1) is 17.1. The van der Waals surface area contributed by atoms with Crippen molar-refractivity contribution in [3.8, 4) is 11.1 Å². The second-order valence-electron chi connectivity index (χ2n) is 6.64. The molecule has 0 spiro atoms. The fraction of sp³-hybridized carbons (Fsp3) is 0. The van der Waals surface area contributed by atoms with E-state index in [1.165, 1.54) is 11.1 Å². The van der Waals surface area contributed by atoms with Crippen molar-refractivity contribution in [1.29, 1.82) is 0 Å². The third kappa shape index (κ3) is 2.32. The predicted octanol–water partition coefficient (Wildman–Crippen LogP) is 5.65. The summed E-state index contributed by atoms with van der Waals surface area (Å²) < 4.78 is 2.23. The number of imidazole rings is 1. The first-order valence-corrected chi connectivity index (χ1v) is 8.95. The zero-order valence-corrected chi connectivity index (χ0v) is 17.2. The molecular formula is C24H14IrN3-. The Morgan fingerprint density at radius 1 is 0.786 bits per heavy atom. The smallest absolute Gasteiger partial charge is 0.0774 e.